The molecule has 0 atom stereocenters. The predicted molar refractivity (Wildman–Crippen MR) is 100 cm³/mol. The first-order valence-electron chi connectivity index (χ1n) is 9.41. The molecule has 4 N–H and O–H groups in total. The molecule has 2 aromatic carbocycles. The van der Waals surface area contributed by atoms with Crippen molar-refractivity contribution in [2.24, 2.45) is 5.92 Å². The lowest BCUT2D eigenvalue weighted by molar-refractivity contribution is -0.137. The molecular weight excluding hydrogens is 394 g/mol. The van der Waals surface area contributed by atoms with E-state index in [-0.39, 0.29) is 5.92 Å². The van der Waals surface area contributed by atoms with Gasteiger partial charge in [-0.15, -0.1) is 0 Å². The Morgan fingerprint density at radius 1 is 0.690 bits per heavy atom. The Kier molecular flexibility index (Phi) is 5.74. The molecule has 1 aliphatic carbocycles. The Hall–Kier alpha value is -2.38. The van der Waals surface area contributed by atoms with Crippen molar-refractivity contribution < 1.29 is 26.3 Å². The van der Waals surface area contributed by atoms with Crippen LogP contribution in [-0.2, 0) is 12.4 Å². The highest BCUT2D eigenvalue weighted by molar-refractivity contribution is 5.55. The van der Waals surface area contributed by atoms with Gasteiger partial charge >= 0.3 is 12.4 Å². The van der Waals surface area contributed by atoms with E-state index in [2.05, 4.69) is 0 Å². The third-order valence-electron chi connectivity index (χ3n) is 5.60. The van der Waals surface area contributed by atoms with Crippen molar-refractivity contribution in [2.75, 3.05) is 11.5 Å². The van der Waals surface area contributed by atoms with Crippen LogP contribution in [0.15, 0.2) is 36.4 Å². The van der Waals surface area contributed by atoms with Crippen LogP contribution >= 0.6 is 0 Å². The van der Waals surface area contributed by atoms with Gasteiger partial charge in [0.25, 0.3) is 0 Å². The fourth-order valence-corrected chi connectivity index (χ4v) is 4.23. The Balaban J connectivity index is 2.15. The third-order valence-corrected chi connectivity index (χ3v) is 5.60. The van der Waals surface area contributed by atoms with Gasteiger partial charge in [0.2, 0.25) is 0 Å². The van der Waals surface area contributed by atoms with Gasteiger partial charge in [-0.25, -0.2) is 0 Å². The highest BCUT2D eigenvalue weighted by Crippen LogP contribution is 2.45. The summed E-state index contributed by atoms with van der Waals surface area (Å²) >= 11 is 0. The summed E-state index contributed by atoms with van der Waals surface area (Å²) in [6, 6.07) is 7.25. The molecule has 0 aromatic heterocycles. The summed E-state index contributed by atoms with van der Waals surface area (Å²) in [6.45, 7) is 0. The molecule has 0 heterocycles. The molecule has 0 spiro atoms. The van der Waals surface area contributed by atoms with Gasteiger partial charge in [-0.1, -0.05) is 31.4 Å². The van der Waals surface area contributed by atoms with E-state index in [0.717, 1.165) is 44.2 Å². The van der Waals surface area contributed by atoms with Crippen molar-refractivity contribution in [1.82, 2.24) is 0 Å². The van der Waals surface area contributed by atoms with E-state index in [4.69, 9.17) is 11.5 Å². The SMILES string of the molecule is Nc1ccc(C(c2ccc(N)c(C(F)(F)F)c2)C2CCCCC2)cc1C(F)(F)F. The van der Waals surface area contributed by atoms with Crippen LogP contribution in [0.2, 0.25) is 0 Å². The monoisotopic (exact) mass is 416 g/mol. The molecule has 0 amide bonds. The Bertz CT molecular complexity index is 803. The standard InChI is InChI=1S/C21H22F6N2/c22-20(23,24)15-10-13(6-8-17(15)28)19(12-4-2-1-3-5-12)14-7-9-18(29)16(11-14)21(25,26)27/h6-12,19H,1-5,28-29H2. The number of rotatable bonds is 3. The molecule has 158 valence electrons. The zero-order chi connectivity index (χ0) is 21.4. The number of hydrogen-bond donors (Lipinski definition) is 2. The molecule has 1 aliphatic rings. The fraction of sp³-hybridized carbons (Fsp3) is 0.429. The van der Waals surface area contributed by atoms with E-state index in [0.29, 0.717) is 11.1 Å². The van der Waals surface area contributed by atoms with E-state index in [1.807, 2.05) is 0 Å². The zero-order valence-corrected chi connectivity index (χ0v) is 15.6. The van der Waals surface area contributed by atoms with Gasteiger partial charge in [-0.2, -0.15) is 26.3 Å². The van der Waals surface area contributed by atoms with Crippen molar-refractivity contribution >= 4 is 11.4 Å². The van der Waals surface area contributed by atoms with Gasteiger partial charge in [-0.3, -0.25) is 0 Å². The number of benzene rings is 2. The first-order chi connectivity index (χ1) is 13.5. The smallest absolute Gasteiger partial charge is 0.398 e. The molecule has 3 rings (SSSR count). The van der Waals surface area contributed by atoms with Crippen molar-refractivity contribution in [1.29, 1.82) is 0 Å². The van der Waals surface area contributed by atoms with Gasteiger partial charge < -0.3 is 11.5 Å². The number of anilines is 2. The summed E-state index contributed by atoms with van der Waals surface area (Å²) < 4.78 is 80.2. The summed E-state index contributed by atoms with van der Waals surface area (Å²) in [6.07, 6.45) is -5.02. The molecule has 8 heteroatoms. The summed E-state index contributed by atoms with van der Waals surface area (Å²) in [7, 11) is 0. The highest BCUT2D eigenvalue weighted by atomic mass is 19.4. The summed E-state index contributed by atoms with van der Waals surface area (Å²) in [5, 5.41) is 0. The number of hydrogen-bond acceptors (Lipinski definition) is 2. The molecule has 0 bridgehead atoms. The maximum absolute atomic E-state index is 13.4. The van der Waals surface area contributed by atoms with Crippen LogP contribution in [0.5, 0.6) is 0 Å². The van der Waals surface area contributed by atoms with Crippen LogP contribution in [0, 0.1) is 5.92 Å². The van der Waals surface area contributed by atoms with Gasteiger partial charge in [-0.05, 0) is 54.2 Å². The highest BCUT2D eigenvalue weighted by Gasteiger charge is 2.37. The van der Waals surface area contributed by atoms with Crippen molar-refractivity contribution in [2.45, 2.75) is 50.4 Å². The van der Waals surface area contributed by atoms with Crippen LogP contribution in [0.1, 0.15) is 60.3 Å². The van der Waals surface area contributed by atoms with E-state index < -0.39 is 40.8 Å². The Morgan fingerprint density at radius 2 is 1.10 bits per heavy atom. The Morgan fingerprint density at radius 3 is 1.48 bits per heavy atom. The van der Waals surface area contributed by atoms with Crippen LogP contribution in [0.4, 0.5) is 37.7 Å². The number of nitrogens with two attached hydrogens (primary N) is 2. The maximum atomic E-state index is 13.4. The molecule has 1 saturated carbocycles. The fourth-order valence-electron chi connectivity index (χ4n) is 4.23. The summed E-state index contributed by atoms with van der Waals surface area (Å²) in [5.41, 5.74) is 8.90. The predicted octanol–water partition coefficient (Wildman–Crippen LogP) is 6.60. The Labute approximate surface area is 164 Å². The van der Waals surface area contributed by atoms with Gasteiger partial charge in [0, 0.05) is 17.3 Å². The van der Waals surface area contributed by atoms with E-state index in [1.165, 1.54) is 24.3 Å². The molecule has 2 nitrogen and oxygen atoms in total. The van der Waals surface area contributed by atoms with Crippen LogP contribution in [0.25, 0.3) is 0 Å². The molecule has 2 aromatic rings. The lowest BCUT2D eigenvalue weighted by Gasteiger charge is -2.32. The molecule has 1 fully saturated rings. The second-order valence-corrected chi connectivity index (χ2v) is 7.56. The number of alkyl halides is 6. The number of nitrogen functional groups attached to an aromatic ring is 2. The maximum Gasteiger partial charge on any atom is 0.418 e. The quantitative estimate of drug-likeness (QED) is 0.437. The molecule has 0 unspecified atom stereocenters. The summed E-state index contributed by atoms with van der Waals surface area (Å²) in [5.74, 6) is -0.656. The third kappa shape index (κ3) is 4.62. The minimum atomic E-state index is -4.64. The van der Waals surface area contributed by atoms with Gasteiger partial charge in [0.1, 0.15) is 0 Å². The van der Waals surface area contributed by atoms with Crippen LogP contribution in [-0.4, -0.2) is 0 Å². The molecule has 29 heavy (non-hydrogen) atoms. The normalized spacial score (nSPS) is 16.4. The van der Waals surface area contributed by atoms with E-state index in [1.54, 1.807) is 0 Å². The van der Waals surface area contributed by atoms with E-state index >= 15 is 0 Å². The molecule has 0 aliphatic heterocycles. The molecule has 0 radical (unpaired) electrons. The second kappa shape index (κ2) is 7.80. The largest absolute Gasteiger partial charge is 0.418 e. The van der Waals surface area contributed by atoms with Crippen molar-refractivity contribution in [3.05, 3.63) is 58.7 Å². The van der Waals surface area contributed by atoms with Gasteiger partial charge in [0.15, 0.2) is 0 Å². The van der Waals surface area contributed by atoms with Crippen LogP contribution < -0.4 is 11.5 Å². The topological polar surface area (TPSA) is 52.0 Å². The van der Waals surface area contributed by atoms with Crippen molar-refractivity contribution in [3.8, 4) is 0 Å². The number of halogens is 6. The minimum absolute atomic E-state index is 0.0573. The first kappa shape index (κ1) is 21.3. The lowest BCUT2D eigenvalue weighted by atomic mass is 9.73. The first-order valence-corrected chi connectivity index (χ1v) is 9.41. The van der Waals surface area contributed by atoms with Crippen LogP contribution in [0.3, 0.4) is 0 Å². The zero-order valence-electron chi connectivity index (χ0n) is 15.6. The summed E-state index contributed by atoms with van der Waals surface area (Å²) in [4.78, 5) is 0. The average molecular weight is 416 g/mol. The average Bonchev–Trinajstić information content (AvgIpc) is 2.63. The minimum Gasteiger partial charge on any atom is -0.398 e. The van der Waals surface area contributed by atoms with E-state index in [9.17, 15) is 26.3 Å². The second-order valence-electron chi connectivity index (χ2n) is 7.56. The van der Waals surface area contributed by atoms with Gasteiger partial charge in [0.05, 0.1) is 11.1 Å². The van der Waals surface area contributed by atoms with Crippen molar-refractivity contribution in [3.63, 3.8) is 0 Å². The lowest BCUT2D eigenvalue weighted by Crippen LogP contribution is -2.20. The molecule has 0 saturated heterocycles. The molecular formula is C21H22F6N2.